The van der Waals surface area contributed by atoms with Gasteiger partial charge in [0.15, 0.2) is 0 Å². The van der Waals surface area contributed by atoms with Crippen molar-refractivity contribution in [3.63, 3.8) is 0 Å². The average Bonchev–Trinajstić information content (AvgIpc) is 2.27. The van der Waals surface area contributed by atoms with Gasteiger partial charge in [-0.1, -0.05) is 0 Å². The highest BCUT2D eigenvalue weighted by atomic mass is 16.6. The minimum absolute atomic E-state index is 0.138. The summed E-state index contributed by atoms with van der Waals surface area (Å²) in [6.07, 6.45) is -0.851. The molecule has 0 unspecified atom stereocenters. The number of carbonyl (C=O) groups excluding carboxylic acids is 2. The van der Waals surface area contributed by atoms with Gasteiger partial charge in [0.2, 0.25) is 5.91 Å². The Hall–Kier alpha value is -1.79. The lowest BCUT2D eigenvalue weighted by Crippen LogP contribution is -2.59. The van der Waals surface area contributed by atoms with Crippen LogP contribution in [-0.4, -0.2) is 64.2 Å². The van der Waals surface area contributed by atoms with E-state index in [0.29, 0.717) is 6.54 Å². The lowest BCUT2D eigenvalue weighted by Gasteiger charge is -2.40. The monoisotopic (exact) mass is 286 g/mol. The predicted molar refractivity (Wildman–Crippen MR) is 71.2 cm³/mol. The van der Waals surface area contributed by atoms with Gasteiger partial charge in [0.05, 0.1) is 12.5 Å². The summed E-state index contributed by atoms with van der Waals surface area (Å²) in [6, 6.07) is -0.556. The van der Waals surface area contributed by atoms with Gasteiger partial charge in [0.1, 0.15) is 12.1 Å². The number of hydrogen-bond acceptors (Lipinski definition) is 4. The summed E-state index contributed by atoms with van der Waals surface area (Å²) >= 11 is 0. The van der Waals surface area contributed by atoms with Crippen molar-refractivity contribution < 1.29 is 24.2 Å². The van der Waals surface area contributed by atoms with Gasteiger partial charge in [-0.25, -0.2) is 4.79 Å². The van der Waals surface area contributed by atoms with Crippen molar-refractivity contribution in [2.24, 2.45) is 0 Å². The van der Waals surface area contributed by atoms with E-state index in [1.807, 2.05) is 6.92 Å². The van der Waals surface area contributed by atoms with Gasteiger partial charge in [-0.3, -0.25) is 14.5 Å². The van der Waals surface area contributed by atoms with E-state index in [-0.39, 0.29) is 25.4 Å². The largest absolute Gasteiger partial charge is 0.481 e. The fourth-order valence-corrected chi connectivity index (χ4v) is 2.05. The number of amides is 2. The van der Waals surface area contributed by atoms with E-state index < -0.39 is 23.7 Å². The zero-order valence-corrected chi connectivity index (χ0v) is 12.4. The first kappa shape index (κ1) is 16.3. The zero-order valence-electron chi connectivity index (χ0n) is 12.4. The molecule has 1 atom stereocenters. The summed E-state index contributed by atoms with van der Waals surface area (Å²) in [6.45, 7) is 7.57. The number of likely N-dealkylation sites (N-methyl/N-ethyl adjacent to an activating group) is 1. The highest BCUT2D eigenvalue weighted by Gasteiger charge is 2.37. The number of aliphatic carboxylic acids is 1. The molecule has 114 valence electrons. The van der Waals surface area contributed by atoms with Crippen molar-refractivity contribution >= 4 is 18.0 Å². The molecule has 7 heteroatoms. The van der Waals surface area contributed by atoms with Gasteiger partial charge < -0.3 is 14.7 Å². The molecule has 1 heterocycles. The van der Waals surface area contributed by atoms with E-state index in [9.17, 15) is 14.4 Å². The third-order valence-electron chi connectivity index (χ3n) is 2.95. The Morgan fingerprint density at radius 1 is 1.40 bits per heavy atom. The van der Waals surface area contributed by atoms with Crippen LogP contribution in [0.5, 0.6) is 0 Å². The summed E-state index contributed by atoms with van der Waals surface area (Å²) in [7, 11) is 0. The number of carbonyl (C=O) groups is 3. The molecule has 0 spiro atoms. The third-order valence-corrected chi connectivity index (χ3v) is 2.95. The van der Waals surface area contributed by atoms with Gasteiger partial charge in [0.25, 0.3) is 0 Å². The number of hydrogen-bond donors (Lipinski definition) is 1. The maximum absolute atomic E-state index is 12.1. The summed E-state index contributed by atoms with van der Waals surface area (Å²) in [5.74, 6) is -1.20. The number of carboxylic acids is 1. The Kier molecular flexibility index (Phi) is 4.97. The number of piperazine rings is 1. The minimum Gasteiger partial charge on any atom is -0.481 e. The maximum atomic E-state index is 12.1. The Labute approximate surface area is 118 Å². The van der Waals surface area contributed by atoms with Gasteiger partial charge in [-0.05, 0) is 27.7 Å². The van der Waals surface area contributed by atoms with Crippen LogP contribution in [-0.2, 0) is 14.3 Å². The van der Waals surface area contributed by atoms with Crippen molar-refractivity contribution in [1.29, 1.82) is 0 Å². The standard InChI is InChI=1S/C13H22N2O5/c1-5-14-7-9(6-11(17)18)15(8-10(14)16)12(19)20-13(2,3)4/h9H,5-8H2,1-4H3,(H,17,18)/t9-/m0/s1. The van der Waals surface area contributed by atoms with Gasteiger partial charge in [-0.2, -0.15) is 0 Å². The first-order valence-corrected chi connectivity index (χ1v) is 6.63. The second kappa shape index (κ2) is 6.11. The van der Waals surface area contributed by atoms with Crippen LogP contribution in [0.15, 0.2) is 0 Å². The van der Waals surface area contributed by atoms with Crippen molar-refractivity contribution in [3.05, 3.63) is 0 Å². The number of rotatable bonds is 3. The summed E-state index contributed by atoms with van der Waals surface area (Å²) in [5, 5.41) is 8.94. The molecule has 1 aliphatic heterocycles. The Morgan fingerprint density at radius 2 is 2.00 bits per heavy atom. The molecule has 0 saturated carbocycles. The molecule has 1 fully saturated rings. The quantitative estimate of drug-likeness (QED) is 0.834. The average molecular weight is 286 g/mol. The molecule has 1 rings (SSSR count). The molecular formula is C13H22N2O5. The molecule has 2 amide bonds. The van der Waals surface area contributed by atoms with Crippen molar-refractivity contribution in [2.45, 2.75) is 45.8 Å². The summed E-state index contributed by atoms with van der Waals surface area (Å²) < 4.78 is 5.23. The van der Waals surface area contributed by atoms with Crippen molar-refractivity contribution in [1.82, 2.24) is 9.80 Å². The molecule has 0 aromatic rings. The van der Waals surface area contributed by atoms with E-state index in [0.717, 1.165) is 0 Å². The lowest BCUT2D eigenvalue weighted by atomic mass is 10.1. The molecule has 0 bridgehead atoms. The van der Waals surface area contributed by atoms with Crippen LogP contribution in [0, 0.1) is 0 Å². The molecule has 1 aliphatic rings. The summed E-state index contributed by atoms with van der Waals surface area (Å²) in [4.78, 5) is 37.6. The van der Waals surface area contributed by atoms with E-state index in [1.54, 1.807) is 25.7 Å². The smallest absolute Gasteiger partial charge is 0.411 e. The normalized spacial score (nSPS) is 20.0. The Bertz CT molecular complexity index is 402. The minimum atomic E-state index is -1.01. The fraction of sp³-hybridized carbons (Fsp3) is 0.769. The Balaban J connectivity index is 2.86. The Morgan fingerprint density at radius 3 is 2.45 bits per heavy atom. The molecule has 1 N–H and O–H groups in total. The second-order valence-electron chi connectivity index (χ2n) is 5.79. The van der Waals surface area contributed by atoms with Crippen molar-refractivity contribution in [3.8, 4) is 0 Å². The van der Waals surface area contributed by atoms with Crippen LogP contribution in [0.4, 0.5) is 4.79 Å². The third kappa shape index (κ3) is 4.40. The van der Waals surface area contributed by atoms with Crippen LogP contribution >= 0.6 is 0 Å². The number of ether oxygens (including phenoxy) is 1. The molecule has 0 aromatic heterocycles. The molecule has 7 nitrogen and oxygen atoms in total. The van der Waals surface area contributed by atoms with Gasteiger partial charge >= 0.3 is 12.1 Å². The predicted octanol–water partition coefficient (Wildman–Crippen LogP) is 0.929. The molecule has 0 radical (unpaired) electrons. The fourth-order valence-electron chi connectivity index (χ4n) is 2.05. The van der Waals surface area contributed by atoms with E-state index in [4.69, 9.17) is 9.84 Å². The highest BCUT2D eigenvalue weighted by Crippen LogP contribution is 2.18. The lowest BCUT2D eigenvalue weighted by molar-refractivity contribution is -0.144. The first-order chi connectivity index (χ1) is 9.14. The van der Waals surface area contributed by atoms with Crippen LogP contribution in [0.2, 0.25) is 0 Å². The second-order valence-corrected chi connectivity index (χ2v) is 5.79. The van der Waals surface area contributed by atoms with E-state index in [1.165, 1.54) is 4.90 Å². The van der Waals surface area contributed by atoms with E-state index in [2.05, 4.69) is 0 Å². The van der Waals surface area contributed by atoms with Crippen LogP contribution in [0.1, 0.15) is 34.1 Å². The molecular weight excluding hydrogens is 264 g/mol. The summed E-state index contributed by atoms with van der Waals surface area (Å²) in [5.41, 5.74) is -0.685. The van der Waals surface area contributed by atoms with E-state index >= 15 is 0 Å². The van der Waals surface area contributed by atoms with Gasteiger partial charge in [0, 0.05) is 13.1 Å². The highest BCUT2D eigenvalue weighted by molar-refractivity contribution is 5.84. The SMILES string of the molecule is CCN1C[C@H](CC(=O)O)N(C(=O)OC(C)(C)C)CC1=O. The number of carboxylic acid groups (broad SMARTS) is 1. The van der Waals surface area contributed by atoms with Crippen LogP contribution in [0.3, 0.4) is 0 Å². The first-order valence-electron chi connectivity index (χ1n) is 6.63. The van der Waals surface area contributed by atoms with Gasteiger partial charge in [-0.15, -0.1) is 0 Å². The van der Waals surface area contributed by atoms with Crippen LogP contribution < -0.4 is 0 Å². The molecule has 0 aromatic carbocycles. The van der Waals surface area contributed by atoms with Crippen LogP contribution in [0.25, 0.3) is 0 Å². The van der Waals surface area contributed by atoms with Crippen molar-refractivity contribution in [2.75, 3.05) is 19.6 Å². The maximum Gasteiger partial charge on any atom is 0.411 e. The molecule has 1 saturated heterocycles. The topological polar surface area (TPSA) is 87.2 Å². The molecule has 20 heavy (non-hydrogen) atoms. The zero-order chi connectivity index (χ0) is 15.5. The number of nitrogens with zero attached hydrogens (tertiary/aromatic N) is 2. The molecule has 0 aliphatic carbocycles.